The predicted octanol–water partition coefficient (Wildman–Crippen LogP) is 1.75. The van der Waals surface area contributed by atoms with Crippen molar-refractivity contribution in [2.75, 3.05) is 18.0 Å². The Bertz CT molecular complexity index is 326. The van der Waals surface area contributed by atoms with Gasteiger partial charge in [0.1, 0.15) is 0 Å². The molecule has 0 aromatic carbocycles. The number of pyridine rings is 1. The number of aliphatic hydroxyl groups excluding tert-OH is 1. The molecule has 0 aliphatic carbocycles. The SMILES string of the molecule is C=CCN(CC=C)c1cnccc1CO. The molecule has 15 heavy (non-hydrogen) atoms. The average Bonchev–Trinajstić information content (AvgIpc) is 2.29. The van der Waals surface area contributed by atoms with Crippen LogP contribution in [0.15, 0.2) is 43.8 Å². The molecule has 0 aliphatic heterocycles. The fourth-order valence-corrected chi connectivity index (χ4v) is 1.42. The van der Waals surface area contributed by atoms with E-state index in [1.807, 2.05) is 18.2 Å². The van der Waals surface area contributed by atoms with Crippen LogP contribution in [-0.2, 0) is 6.61 Å². The summed E-state index contributed by atoms with van der Waals surface area (Å²) in [6, 6.07) is 1.81. The maximum atomic E-state index is 9.20. The molecule has 0 radical (unpaired) electrons. The van der Waals surface area contributed by atoms with Gasteiger partial charge in [0.15, 0.2) is 0 Å². The number of anilines is 1. The van der Waals surface area contributed by atoms with Crippen LogP contribution < -0.4 is 4.90 Å². The second-order valence-corrected chi connectivity index (χ2v) is 3.14. The largest absolute Gasteiger partial charge is 0.392 e. The third-order valence-corrected chi connectivity index (χ3v) is 2.10. The highest BCUT2D eigenvalue weighted by Crippen LogP contribution is 2.18. The summed E-state index contributed by atoms with van der Waals surface area (Å²) in [5.74, 6) is 0. The lowest BCUT2D eigenvalue weighted by atomic mass is 10.2. The Labute approximate surface area is 90.4 Å². The van der Waals surface area contributed by atoms with Gasteiger partial charge in [-0.25, -0.2) is 0 Å². The quantitative estimate of drug-likeness (QED) is 0.717. The van der Waals surface area contributed by atoms with Gasteiger partial charge in [0.25, 0.3) is 0 Å². The molecule has 0 unspecified atom stereocenters. The van der Waals surface area contributed by atoms with Gasteiger partial charge in [0.2, 0.25) is 0 Å². The summed E-state index contributed by atoms with van der Waals surface area (Å²) in [4.78, 5) is 6.11. The molecule has 0 saturated carbocycles. The van der Waals surface area contributed by atoms with Crippen LogP contribution >= 0.6 is 0 Å². The van der Waals surface area contributed by atoms with Crippen LogP contribution in [0.5, 0.6) is 0 Å². The van der Waals surface area contributed by atoms with Crippen molar-refractivity contribution in [2.45, 2.75) is 6.61 Å². The Balaban J connectivity index is 2.97. The van der Waals surface area contributed by atoms with Gasteiger partial charge in [-0.15, -0.1) is 13.2 Å². The number of aliphatic hydroxyl groups is 1. The Hall–Kier alpha value is -1.61. The summed E-state index contributed by atoms with van der Waals surface area (Å²) < 4.78 is 0. The van der Waals surface area contributed by atoms with E-state index >= 15 is 0 Å². The normalized spacial score (nSPS) is 9.67. The third-order valence-electron chi connectivity index (χ3n) is 2.10. The van der Waals surface area contributed by atoms with Crippen molar-refractivity contribution in [1.29, 1.82) is 0 Å². The molecule has 0 fully saturated rings. The topological polar surface area (TPSA) is 36.4 Å². The summed E-state index contributed by atoms with van der Waals surface area (Å²) >= 11 is 0. The first-order chi connectivity index (χ1) is 7.33. The minimum atomic E-state index is 0.0165. The number of hydrogen-bond donors (Lipinski definition) is 1. The summed E-state index contributed by atoms with van der Waals surface area (Å²) in [6.45, 7) is 8.85. The third kappa shape index (κ3) is 2.92. The maximum absolute atomic E-state index is 9.20. The first-order valence-corrected chi connectivity index (χ1v) is 4.84. The molecule has 1 rings (SSSR count). The zero-order chi connectivity index (χ0) is 11.1. The summed E-state index contributed by atoms with van der Waals surface area (Å²) in [6.07, 6.45) is 7.06. The molecule has 0 atom stereocenters. The molecular weight excluding hydrogens is 188 g/mol. The van der Waals surface area contributed by atoms with Gasteiger partial charge < -0.3 is 10.0 Å². The highest BCUT2D eigenvalue weighted by Gasteiger charge is 2.07. The van der Waals surface area contributed by atoms with E-state index in [0.717, 1.165) is 11.3 Å². The van der Waals surface area contributed by atoms with Crippen LogP contribution in [0, 0.1) is 0 Å². The van der Waals surface area contributed by atoms with E-state index in [1.54, 1.807) is 12.4 Å². The molecule has 0 spiro atoms. The highest BCUT2D eigenvalue weighted by atomic mass is 16.3. The van der Waals surface area contributed by atoms with Crippen molar-refractivity contribution in [3.63, 3.8) is 0 Å². The van der Waals surface area contributed by atoms with Crippen molar-refractivity contribution in [3.05, 3.63) is 49.3 Å². The summed E-state index contributed by atoms with van der Waals surface area (Å²) in [5.41, 5.74) is 1.80. The molecular formula is C12H16N2O. The number of rotatable bonds is 6. The minimum Gasteiger partial charge on any atom is -0.392 e. The first kappa shape index (κ1) is 11.5. The van der Waals surface area contributed by atoms with Crippen LogP contribution in [-0.4, -0.2) is 23.2 Å². The summed E-state index contributed by atoms with van der Waals surface area (Å²) in [7, 11) is 0. The van der Waals surface area contributed by atoms with Crippen molar-refractivity contribution in [2.24, 2.45) is 0 Å². The lowest BCUT2D eigenvalue weighted by molar-refractivity contribution is 0.282. The Morgan fingerprint density at radius 2 is 2.00 bits per heavy atom. The van der Waals surface area contributed by atoms with E-state index in [-0.39, 0.29) is 6.61 Å². The molecule has 1 heterocycles. The van der Waals surface area contributed by atoms with Gasteiger partial charge in [-0.1, -0.05) is 12.2 Å². The van der Waals surface area contributed by atoms with Crippen LogP contribution in [0.1, 0.15) is 5.56 Å². The van der Waals surface area contributed by atoms with Crippen molar-refractivity contribution >= 4 is 5.69 Å². The van der Waals surface area contributed by atoms with E-state index < -0.39 is 0 Å². The molecule has 1 N–H and O–H groups in total. The van der Waals surface area contributed by atoms with Crippen LogP contribution in [0.2, 0.25) is 0 Å². The second kappa shape index (κ2) is 5.98. The van der Waals surface area contributed by atoms with E-state index in [0.29, 0.717) is 13.1 Å². The fraction of sp³-hybridized carbons (Fsp3) is 0.250. The van der Waals surface area contributed by atoms with E-state index in [1.165, 1.54) is 0 Å². The molecule has 1 aromatic heterocycles. The van der Waals surface area contributed by atoms with Gasteiger partial charge in [-0.2, -0.15) is 0 Å². The maximum Gasteiger partial charge on any atom is 0.0703 e. The Kier molecular flexibility index (Phi) is 4.57. The number of nitrogens with zero attached hydrogens (tertiary/aromatic N) is 2. The molecule has 3 heteroatoms. The molecule has 0 saturated heterocycles. The van der Waals surface area contributed by atoms with Crippen LogP contribution in [0.3, 0.4) is 0 Å². The molecule has 0 amide bonds. The van der Waals surface area contributed by atoms with Crippen molar-refractivity contribution < 1.29 is 5.11 Å². The van der Waals surface area contributed by atoms with E-state index in [4.69, 9.17) is 0 Å². The van der Waals surface area contributed by atoms with Gasteiger partial charge in [-0.05, 0) is 6.07 Å². The lowest BCUT2D eigenvalue weighted by Crippen LogP contribution is -2.24. The fourth-order valence-electron chi connectivity index (χ4n) is 1.42. The summed E-state index contributed by atoms with van der Waals surface area (Å²) in [5, 5.41) is 9.20. The first-order valence-electron chi connectivity index (χ1n) is 4.84. The molecule has 80 valence electrons. The van der Waals surface area contributed by atoms with E-state index in [9.17, 15) is 5.11 Å². The number of aromatic nitrogens is 1. The Morgan fingerprint density at radius 3 is 2.53 bits per heavy atom. The van der Waals surface area contributed by atoms with Gasteiger partial charge >= 0.3 is 0 Å². The lowest BCUT2D eigenvalue weighted by Gasteiger charge is -2.23. The van der Waals surface area contributed by atoms with Gasteiger partial charge in [-0.3, -0.25) is 4.98 Å². The minimum absolute atomic E-state index is 0.0165. The van der Waals surface area contributed by atoms with Gasteiger partial charge in [0, 0.05) is 24.8 Å². The molecule has 0 bridgehead atoms. The van der Waals surface area contributed by atoms with Crippen LogP contribution in [0.4, 0.5) is 5.69 Å². The van der Waals surface area contributed by atoms with Crippen LogP contribution in [0.25, 0.3) is 0 Å². The smallest absolute Gasteiger partial charge is 0.0703 e. The van der Waals surface area contributed by atoms with E-state index in [2.05, 4.69) is 23.0 Å². The van der Waals surface area contributed by atoms with Crippen molar-refractivity contribution in [1.82, 2.24) is 4.98 Å². The molecule has 0 aliphatic rings. The standard InChI is InChI=1S/C12H16N2O/c1-3-7-14(8-4-2)12-9-13-6-5-11(12)10-15/h3-6,9,15H,1-2,7-8,10H2. The van der Waals surface area contributed by atoms with Gasteiger partial charge in [0.05, 0.1) is 18.5 Å². The molecule has 1 aromatic rings. The molecule has 3 nitrogen and oxygen atoms in total. The van der Waals surface area contributed by atoms with Crippen molar-refractivity contribution in [3.8, 4) is 0 Å². The zero-order valence-corrected chi connectivity index (χ0v) is 8.76. The average molecular weight is 204 g/mol. The predicted molar refractivity (Wildman–Crippen MR) is 62.8 cm³/mol. The zero-order valence-electron chi connectivity index (χ0n) is 8.76. The number of hydrogen-bond acceptors (Lipinski definition) is 3. The Morgan fingerprint density at radius 1 is 1.33 bits per heavy atom. The second-order valence-electron chi connectivity index (χ2n) is 3.14. The monoisotopic (exact) mass is 204 g/mol. The highest BCUT2D eigenvalue weighted by molar-refractivity contribution is 5.52.